The first kappa shape index (κ1) is 16.1. The van der Waals surface area contributed by atoms with E-state index in [-0.39, 0.29) is 5.76 Å². The molecule has 5 heteroatoms. The zero-order chi connectivity index (χ0) is 15.1. The van der Waals surface area contributed by atoms with Crippen LogP contribution in [0.3, 0.4) is 0 Å². The summed E-state index contributed by atoms with van der Waals surface area (Å²) < 4.78 is 22.5. The lowest BCUT2D eigenvalue weighted by molar-refractivity contribution is -0.102. The molecule has 120 valence electrons. The number of nitrogens with one attached hydrogen (secondary N) is 1. The van der Waals surface area contributed by atoms with Crippen LogP contribution in [0.25, 0.3) is 0 Å². The normalized spacial score (nSPS) is 25.9. The van der Waals surface area contributed by atoms with Crippen molar-refractivity contribution in [3.63, 3.8) is 0 Å². The minimum Gasteiger partial charge on any atom is -0.460 e. The van der Waals surface area contributed by atoms with E-state index in [9.17, 15) is 9.18 Å². The van der Waals surface area contributed by atoms with Gasteiger partial charge in [0.05, 0.1) is 6.61 Å². The van der Waals surface area contributed by atoms with Gasteiger partial charge in [0.1, 0.15) is 5.76 Å². The molecule has 1 heterocycles. The van der Waals surface area contributed by atoms with E-state index < -0.39 is 18.5 Å². The van der Waals surface area contributed by atoms with Gasteiger partial charge in [-0.2, -0.15) is 4.39 Å². The van der Waals surface area contributed by atoms with Crippen LogP contribution in [0.5, 0.6) is 0 Å². The first-order chi connectivity index (χ1) is 10.2. The first-order valence-corrected chi connectivity index (χ1v) is 8.09. The highest BCUT2D eigenvalue weighted by atomic mass is 19.1. The molecule has 1 saturated heterocycles. The molecule has 2 rings (SSSR count). The molecular weight excluding hydrogens is 273 g/mol. The number of carbonyl (C=O) groups is 1. The van der Waals surface area contributed by atoms with Crippen LogP contribution >= 0.6 is 0 Å². The van der Waals surface area contributed by atoms with Gasteiger partial charge in [0, 0.05) is 0 Å². The van der Waals surface area contributed by atoms with Crippen molar-refractivity contribution in [1.29, 1.82) is 0 Å². The second-order valence-corrected chi connectivity index (χ2v) is 6.05. The molecule has 1 aliphatic heterocycles. The van der Waals surface area contributed by atoms with Crippen LogP contribution in [-0.4, -0.2) is 25.1 Å². The van der Waals surface area contributed by atoms with Crippen molar-refractivity contribution < 1.29 is 18.7 Å². The Hall–Kier alpha value is -1.26. The third-order valence-corrected chi connectivity index (χ3v) is 4.36. The Morgan fingerprint density at radius 2 is 2.05 bits per heavy atom. The van der Waals surface area contributed by atoms with Crippen LogP contribution in [0.4, 0.5) is 9.18 Å². The van der Waals surface area contributed by atoms with Crippen molar-refractivity contribution in [3.8, 4) is 0 Å². The maximum absolute atomic E-state index is 12.9. The maximum Gasteiger partial charge on any atom is 0.407 e. The summed E-state index contributed by atoms with van der Waals surface area (Å²) in [6, 6.07) is -0.760. The highest BCUT2D eigenvalue weighted by Gasteiger charge is 2.38. The van der Waals surface area contributed by atoms with Crippen molar-refractivity contribution in [2.24, 2.45) is 5.92 Å². The molecule has 0 aromatic rings. The van der Waals surface area contributed by atoms with Crippen molar-refractivity contribution in [2.45, 2.75) is 70.2 Å². The van der Waals surface area contributed by atoms with Crippen molar-refractivity contribution in [2.75, 3.05) is 6.61 Å². The van der Waals surface area contributed by atoms with Crippen molar-refractivity contribution in [3.05, 3.63) is 12.3 Å². The largest absolute Gasteiger partial charge is 0.460 e. The number of amides is 1. The molecule has 4 nitrogen and oxygen atoms in total. The van der Waals surface area contributed by atoms with Crippen LogP contribution in [0, 0.1) is 5.92 Å². The predicted molar refractivity (Wildman–Crippen MR) is 78.4 cm³/mol. The van der Waals surface area contributed by atoms with Gasteiger partial charge in [0.2, 0.25) is 0 Å². The van der Waals surface area contributed by atoms with Gasteiger partial charge in [-0.05, 0) is 12.3 Å². The average Bonchev–Trinajstić information content (AvgIpc) is 2.49. The fourth-order valence-corrected chi connectivity index (χ4v) is 3.03. The smallest absolute Gasteiger partial charge is 0.407 e. The number of rotatable bonds is 7. The number of alkyl halides is 1. The summed E-state index contributed by atoms with van der Waals surface area (Å²) >= 11 is 0. The van der Waals surface area contributed by atoms with Gasteiger partial charge >= 0.3 is 6.09 Å². The van der Waals surface area contributed by atoms with Crippen LogP contribution in [-0.2, 0) is 9.47 Å². The molecule has 1 aliphatic carbocycles. The maximum atomic E-state index is 12.9. The van der Waals surface area contributed by atoms with E-state index in [2.05, 4.69) is 16.6 Å². The van der Waals surface area contributed by atoms with Crippen LogP contribution in [0.15, 0.2) is 12.3 Å². The number of halogens is 1. The van der Waals surface area contributed by atoms with E-state index >= 15 is 0 Å². The number of carbonyl (C=O) groups excluding carboxylic acids is 1. The van der Waals surface area contributed by atoms with Crippen LogP contribution in [0.1, 0.15) is 57.8 Å². The third kappa shape index (κ3) is 5.21. The summed E-state index contributed by atoms with van der Waals surface area (Å²) in [7, 11) is 0. The van der Waals surface area contributed by atoms with Gasteiger partial charge in [0.15, 0.2) is 6.04 Å². The van der Waals surface area contributed by atoms with E-state index in [1.54, 1.807) is 0 Å². The van der Waals surface area contributed by atoms with Gasteiger partial charge in [-0.1, -0.05) is 57.9 Å². The predicted octanol–water partition coefficient (Wildman–Crippen LogP) is 4.06. The second-order valence-electron chi connectivity index (χ2n) is 6.05. The van der Waals surface area contributed by atoms with Crippen molar-refractivity contribution >= 4 is 6.09 Å². The van der Waals surface area contributed by atoms with Gasteiger partial charge in [-0.15, -0.1) is 0 Å². The zero-order valence-electron chi connectivity index (χ0n) is 12.6. The molecule has 0 aromatic carbocycles. The molecule has 0 spiro atoms. The van der Waals surface area contributed by atoms with E-state index in [0.29, 0.717) is 6.61 Å². The minimum atomic E-state index is -1.50. The van der Waals surface area contributed by atoms with E-state index in [4.69, 9.17) is 4.74 Å². The Bertz CT molecular complexity index is 355. The lowest BCUT2D eigenvalue weighted by Gasteiger charge is -2.33. The summed E-state index contributed by atoms with van der Waals surface area (Å²) in [5.41, 5.74) is 0. The van der Waals surface area contributed by atoms with E-state index in [1.807, 2.05) is 0 Å². The highest BCUT2D eigenvalue weighted by molar-refractivity contribution is 5.68. The summed E-state index contributed by atoms with van der Waals surface area (Å²) in [5.74, 6) is 1.15. The lowest BCUT2D eigenvalue weighted by atomic mass is 9.86. The Kier molecular flexibility index (Phi) is 6.33. The summed E-state index contributed by atoms with van der Waals surface area (Å²) in [6.45, 7) is 3.86. The van der Waals surface area contributed by atoms with E-state index in [0.717, 1.165) is 18.8 Å². The molecular formula is C16H26FNO3. The van der Waals surface area contributed by atoms with Gasteiger partial charge < -0.3 is 14.8 Å². The summed E-state index contributed by atoms with van der Waals surface area (Å²) in [4.78, 5) is 11.4. The Balaban J connectivity index is 1.44. The third-order valence-electron chi connectivity index (χ3n) is 4.36. The minimum absolute atomic E-state index is 0.243. The average molecular weight is 299 g/mol. The summed E-state index contributed by atoms with van der Waals surface area (Å²) in [5, 5.41) is 2.40. The number of hydrogen-bond acceptors (Lipinski definition) is 3. The topological polar surface area (TPSA) is 47.6 Å². The SMILES string of the molecule is C=C1OC(F)C1NC(=O)OCCCCCC1CCCCC1. The van der Waals surface area contributed by atoms with Gasteiger partial charge in [0.25, 0.3) is 6.36 Å². The van der Waals surface area contributed by atoms with Crippen LogP contribution < -0.4 is 5.32 Å². The van der Waals surface area contributed by atoms with Gasteiger partial charge in [-0.25, -0.2) is 4.79 Å². The number of ether oxygens (including phenoxy) is 2. The monoisotopic (exact) mass is 299 g/mol. The molecule has 0 bridgehead atoms. The van der Waals surface area contributed by atoms with Gasteiger partial charge in [-0.3, -0.25) is 0 Å². The number of unbranched alkanes of at least 4 members (excludes halogenated alkanes) is 2. The number of hydrogen-bond donors (Lipinski definition) is 1. The molecule has 21 heavy (non-hydrogen) atoms. The Labute approximate surface area is 126 Å². The molecule has 2 atom stereocenters. The Morgan fingerprint density at radius 3 is 2.71 bits per heavy atom. The number of alkyl carbamates (subject to hydrolysis) is 1. The first-order valence-electron chi connectivity index (χ1n) is 8.09. The standard InChI is InChI=1S/C16H26FNO3/c1-12-14(15(17)21-12)18-16(19)20-11-7-3-6-10-13-8-4-2-5-9-13/h13-15H,1-11H2,(H,18,19). The molecule has 2 aliphatic rings. The Morgan fingerprint density at radius 1 is 1.29 bits per heavy atom. The quantitative estimate of drug-likeness (QED) is 0.721. The lowest BCUT2D eigenvalue weighted by Crippen LogP contribution is -2.51. The molecule has 2 unspecified atom stereocenters. The molecule has 1 N–H and O–H groups in total. The van der Waals surface area contributed by atoms with Crippen molar-refractivity contribution in [1.82, 2.24) is 5.32 Å². The zero-order valence-corrected chi connectivity index (χ0v) is 12.6. The van der Waals surface area contributed by atoms with E-state index in [1.165, 1.54) is 44.9 Å². The molecule has 1 saturated carbocycles. The highest BCUT2D eigenvalue weighted by Crippen LogP contribution is 2.28. The summed E-state index contributed by atoms with van der Waals surface area (Å²) in [6.07, 6.45) is 9.30. The second kappa shape index (κ2) is 8.25. The van der Waals surface area contributed by atoms with Crippen LogP contribution in [0.2, 0.25) is 0 Å². The molecule has 0 radical (unpaired) electrons. The molecule has 1 amide bonds. The molecule has 2 fully saturated rings. The fraction of sp³-hybridized carbons (Fsp3) is 0.812. The fourth-order valence-electron chi connectivity index (χ4n) is 3.03. The molecule has 0 aromatic heterocycles.